The van der Waals surface area contributed by atoms with Gasteiger partial charge >= 0.3 is 5.97 Å². The molecule has 2 aliphatic heterocycles. The van der Waals surface area contributed by atoms with E-state index in [0.29, 0.717) is 13.0 Å². The van der Waals surface area contributed by atoms with Gasteiger partial charge in [-0.1, -0.05) is 18.1 Å². The van der Waals surface area contributed by atoms with Crippen molar-refractivity contribution < 1.29 is 24.7 Å². The molecular weight excluding hydrogens is 318 g/mol. The smallest absolute Gasteiger partial charge is 0.337 e. The number of hydrogen-bond acceptors (Lipinski definition) is 8. The van der Waals surface area contributed by atoms with Crippen LogP contribution in [0, 0.1) is 10.1 Å². The number of ether oxygens (including phenoxy) is 1. The van der Waals surface area contributed by atoms with Crippen LogP contribution in [0.5, 0.6) is 0 Å². The average molecular weight is 341 g/mol. The van der Waals surface area contributed by atoms with Crippen LogP contribution in [0.3, 0.4) is 0 Å². The van der Waals surface area contributed by atoms with Gasteiger partial charge in [0.1, 0.15) is 11.8 Å². The first kappa shape index (κ1) is 18.3. The van der Waals surface area contributed by atoms with Crippen LogP contribution in [0.2, 0.25) is 0 Å². The van der Waals surface area contributed by atoms with Crippen molar-refractivity contribution in [3.05, 3.63) is 21.3 Å². The molecule has 0 fully saturated rings. The number of hydrazone groups is 1. The van der Waals surface area contributed by atoms with Crippen LogP contribution in [0.4, 0.5) is 0 Å². The fourth-order valence-electron chi connectivity index (χ4n) is 3.04. The van der Waals surface area contributed by atoms with Crippen LogP contribution < -0.4 is 0 Å². The molecule has 0 spiro atoms. The highest BCUT2D eigenvalue weighted by Gasteiger charge is 2.60. The maximum absolute atomic E-state index is 12.7. The molecule has 0 bridgehead atoms. The topological polar surface area (TPSA) is 126 Å². The summed E-state index contributed by atoms with van der Waals surface area (Å²) in [5.74, 6) is -0.629. The minimum absolute atomic E-state index is 0.164. The Morgan fingerprint density at radius 3 is 2.79 bits per heavy atom. The molecule has 0 aromatic carbocycles. The predicted octanol–water partition coefficient (Wildman–Crippen LogP) is 0.0886. The Kier molecular flexibility index (Phi) is 5.24. The van der Waals surface area contributed by atoms with Gasteiger partial charge in [-0.05, 0) is 20.3 Å². The van der Waals surface area contributed by atoms with Crippen molar-refractivity contribution in [1.29, 1.82) is 0 Å². The lowest BCUT2D eigenvalue weighted by Gasteiger charge is -2.41. The second-order valence-electron chi connectivity index (χ2n) is 6.31. The first-order chi connectivity index (χ1) is 11.2. The van der Waals surface area contributed by atoms with Crippen molar-refractivity contribution in [2.45, 2.75) is 51.4 Å². The van der Waals surface area contributed by atoms with Gasteiger partial charge in [0.05, 0.1) is 13.2 Å². The SMILES string of the molecule is CCCOC(=O)C12CC(C)=C(C)CN1N=C(C(O)C[N+](=O)[O-])C2O. The Labute approximate surface area is 139 Å². The lowest BCUT2D eigenvalue weighted by molar-refractivity contribution is -0.486. The largest absolute Gasteiger partial charge is 0.464 e. The van der Waals surface area contributed by atoms with Crippen LogP contribution in [-0.2, 0) is 9.53 Å². The molecule has 0 aromatic rings. The molecule has 0 saturated carbocycles. The highest BCUT2D eigenvalue weighted by molar-refractivity contribution is 6.01. The Balaban J connectivity index is 2.37. The van der Waals surface area contributed by atoms with Gasteiger partial charge in [0.25, 0.3) is 0 Å². The minimum atomic E-state index is -1.56. The van der Waals surface area contributed by atoms with Crippen molar-refractivity contribution in [3.63, 3.8) is 0 Å². The normalized spacial score (nSPS) is 27.6. The van der Waals surface area contributed by atoms with Gasteiger partial charge in [-0.25, -0.2) is 4.79 Å². The van der Waals surface area contributed by atoms with Gasteiger partial charge in [0.2, 0.25) is 6.54 Å². The van der Waals surface area contributed by atoms with E-state index in [1.54, 1.807) is 0 Å². The number of nitrogens with zero attached hydrogens (tertiary/aromatic N) is 3. The van der Waals surface area contributed by atoms with Crippen molar-refractivity contribution in [1.82, 2.24) is 5.01 Å². The van der Waals surface area contributed by atoms with Crippen LogP contribution in [0.15, 0.2) is 16.2 Å². The molecule has 3 atom stereocenters. The summed E-state index contributed by atoms with van der Waals surface area (Å²) in [5, 5.41) is 36.9. The second kappa shape index (κ2) is 6.86. The number of rotatable bonds is 6. The zero-order chi connectivity index (χ0) is 18.1. The van der Waals surface area contributed by atoms with Gasteiger partial charge in [-0.3, -0.25) is 15.1 Å². The highest BCUT2D eigenvalue weighted by Crippen LogP contribution is 2.40. The zero-order valence-electron chi connectivity index (χ0n) is 14.1. The van der Waals surface area contributed by atoms with Crippen LogP contribution in [0.25, 0.3) is 0 Å². The average Bonchev–Trinajstić information content (AvgIpc) is 2.78. The lowest BCUT2D eigenvalue weighted by Crippen LogP contribution is -2.61. The first-order valence-electron chi connectivity index (χ1n) is 7.90. The van der Waals surface area contributed by atoms with Crippen LogP contribution >= 0.6 is 0 Å². The molecule has 134 valence electrons. The summed E-state index contributed by atoms with van der Waals surface area (Å²) < 4.78 is 5.25. The van der Waals surface area contributed by atoms with Crippen molar-refractivity contribution in [2.24, 2.45) is 5.10 Å². The molecular formula is C15H23N3O6. The Hall–Kier alpha value is -2.00. The number of aliphatic hydroxyl groups excluding tert-OH is 2. The van der Waals surface area contributed by atoms with Gasteiger partial charge in [0, 0.05) is 11.3 Å². The van der Waals surface area contributed by atoms with E-state index in [1.807, 2.05) is 20.8 Å². The van der Waals surface area contributed by atoms with E-state index in [1.165, 1.54) is 5.01 Å². The van der Waals surface area contributed by atoms with E-state index in [0.717, 1.165) is 11.1 Å². The molecule has 0 amide bonds. The van der Waals surface area contributed by atoms with Gasteiger partial charge in [0.15, 0.2) is 11.6 Å². The minimum Gasteiger partial charge on any atom is -0.464 e. The summed E-state index contributed by atoms with van der Waals surface area (Å²) in [6.07, 6.45) is -2.19. The Bertz CT molecular complexity index is 602. The molecule has 3 unspecified atom stereocenters. The molecule has 24 heavy (non-hydrogen) atoms. The van der Waals surface area contributed by atoms with Crippen molar-refractivity contribution in [2.75, 3.05) is 19.7 Å². The number of esters is 1. The third-order valence-corrected chi connectivity index (χ3v) is 4.53. The van der Waals surface area contributed by atoms with Gasteiger partial charge < -0.3 is 14.9 Å². The van der Waals surface area contributed by atoms with Gasteiger partial charge in [-0.15, -0.1) is 0 Å². The highest BCUT2D eigenvalue weighted by atomic mass is 16.6. The molecule has 0 aliphatic carbocycles. The maximum Gasteiger partial charge on any atom is 0.337 e. The number of nitro groups is 1. The van der Waals surface area contributed by atoms with Crippen LogP contribution in [-0.4, -0.2) is 69.3 Å². The fraction of sp³-hybridized carbons (Fsp3) is 0.733. The summed E-state index contributed by atoms with van der Waals surface area (Å²) in [6.45, 7) is 5.32. The fourth-order valence-corrected chi connectivity index (χ4v) is 3.04. The molecule has 9 nitrogen and oxygen atoms in total. The quantitative estimate of drug-likeness (QED) is 0.303. The molecule has 0 radical (unpaired) electrons. The van der Waals surface area contributed by atoms with Gasteiger partial charge in [-0.2, -0.15) is 5.10 Å². The number of aliphatic hydroxyl groups is 2. The molecule has 2 aliphatic rings. The third kappa shape index (κ3) is 3.01. The van der Waals surface area contributed by atoms with E-state index >= 15 is 0 Å². The van der Waals surface area contributed by atoms with E-state index in [2.05, 4.69) is 5.10 Å². The van der Waals surface area contributed by atoms with Crippen molar-refractivity contribution in [3.8, 4) is 0 Å². The van der Waals surface area contributed by atoms with E-state index < -0.39 is 35.2 Å². The molecule has 2 heterocycles. The first-order valence-corrected chi connectivity index (χ1v) is 7.90. The zero-order valence-corrected chi connectivity index (χ0v) is 14.1. The second-order valence-corrected chi connectivity index (χ2v) is 6.31. The Morgan fingerprint density at radius 2 is 2.21 bits per heavy atom. The monoisotopic (exact) mass is 341 g/mol. The number of carbonyl (C=O) groups excluding carboxylic acids is 1. The Morgan fingerprint density at radius 1 is 1.54 bits per heavy atom. The van der Waals surface area contributed by atoms with E-state index in [9.17, 15) is 25.1 Å². The van der Waals surface area contributed by atoms with Crippen LogP contribution in [0.1, 0.15) is 33.6 Å². The maximum atomic E-state index is 12.7. The predicted molar refractivity (Wildman–Crippen MR) is 85.0 cm³/mol. The van der Waals surface area contributed by atoms with E-state index in [4.69, 9.17) is 4.74 Å². The molecule has 0 saturated heterocycles. The standard InChI is InChI=1S/C15H23N3O6/c1-4-5-24-14(21)15-6-9(2)10(3)7-17(15)16-12(13(15)20)11(19)8-18(22)23/h11,13,19-20H,4-8H2,1-3H3. The van der Waals surface area contributed by atoms with Crippen molar-refractivity contribution >= 4 is 11.7 Å². The number of hydrogen-bond donors (Lipinski definition) is 2. The van der Waals surface area contributed by atoms with E-state index in [-0.39, 0.29) is 18.7 Å². The lowest BCUT2D eigenvalue weighted by atomic mass is 9.79. The number of carbonyl (C=O) groups is 1. The molecule has 2 N–H and O–H groups in total. The molecule has 9 heteroatoms. The summed E-state index contributed by atoms with van der Waals surface area (Å²) >= 11 is 0. The summed E-state index contributed by atoms with van der Waals surface area (Å²) in [5.41, 5.74) is 0.294. The molecule has 2 rings (SSSR count). The summed E-state index contributed by atoms with van der Waals surface area (Å²) in [4.78, 5) is 22.6. The summed E-state index contributed by atoms with van der Waals surface area (Å²) in [6, 6.07) is 0. The summed E-state index contributed by atoms with van der Waals surface area (Å²) in [7, 11) is 0. The number of fused-ring (bicyclic) bond motifs is 1. The third-order valence-electron chi connectivity index (χ3n) is 4.53. The molecule has 0 aromatic heterocycles.